The summed E-state index contributed by atoms with van der Waals surface area (Å²) >= 11 is 5.86. The lowest BCUT2D eigenvalue weighted by atomic mass is 10.1. The lowest BCUT2D eigenvalue weighted by Crippen LogP contribution is -2.26. The normalized spacial score (nSPS) is 10.9. The van der Waals surface area contributed by atoms with Gasteiger partial charge < -0.3 is 10.1 Å². The number of aryl methyl sites for hydroxylation is 1. The van der Waals surface area contributed by atoms with E-state index in [-0.39, 0.29) is 17.4 Å². The summed E-state index contributed by atoms with van der Waals surface area (Å²) in [5.41, 5.74) is 2.48. The zero-order chi connectivity index (χ0) is 20.8. The van der Waals surface area contributed by atoms with Gasteiger partial charge >= 0.3 is 6.61 Å². The van der Waals surface area contributed by atoms with E-state index in [9.17, 15) is 13.6 Å². The van der Waals surface area contributed by atoms with E-state index in [0.717, 1.165) is 18.4 Å². The van der Waals surface area contributed by atoms with Crippen molar-refractivity contribution >= 4 is 17.5 Å². The molecule has 3 rings (SSSR count). The molecule has 0 aliphatic heterocycles. The van der Waals surface area contributed by atoms with Crippen LogP contribution in [-0.2, 0) is 6.42 Å². The van der Waals surface area contributed by atoms with E-state index in [1.54, 1.807) is 19.1 Å². The van der Waals surface area contributed by atoms with Crippen LogP contribution in [0.2, 0.25) is 5.02 Å². The summed E-state index contributed by atoms with van der Waals surface area (Å²) < 4.78 is 30.3. The number of alkyl halides is 2. The van der Waals surface area contributed by atoms with Gasteiger partial charge in [0, 0.05) is 11.6 Å². The zero-order valence-electron chi connectivity index (χ0n) is 15.6. The predicted octanol–water partition coefficient (Wildman–Crippen LogP) is 4.19. The second-order valence-electron chi connectivity index (χ2n) is 6.29. The number of ether oxygens (including phenoxy) is 1. The molecule has 0 atom stereocenters. The van der Waals surface area contributed by atoms with Crippen LogP contribution in [-0.4, -0.2) is 34.1 Å². The van der Waals surface area contributed by atoms with E-state index in [1.165, 1.54) is 16.8 Å². The first-order valence-electron chi connectivity index (χ1n) is 8.94. The Bertz CT molecular complexity index is 960. The van der Waals surface area contributed by atoms with Crippen molar-refractivity contribution in [2.45, 2.75) is 26.4 Å². The molecule has 9 heteroatoms. The van der Waals surface area contributed by atoms with Gasteiger partial charge in [-0.05, 0) is 61.7 Å². The van der Waals surface area contributed by atoms with Crippen LogP contribution in [0.3, 0.4) is 0 Å². The predicted molar refractivity (Wildman–Crippen MR) is 105 cm³/mol. The highest BCUT2D eigenvalue weighted by Gasteiger charge is 2.17. The first-order valence-corrected chi connectivity index (χ1v) is 9.32. The molecule has 152 valence electrons. The smallest absolute Gasteiger partial charge is 0.387 e. The third-order valence-electron chi connectivity index (χ3n) is 4.26. The zero-order valence-corrected chi connectivity index (χ0v) is 16.4. The number of halogens is 3. The van der Waals surface area contributed by atoms with Gasteiger partial charge in [0.15, 0.2) is 5.69 Å². The molecule has 0 aliphatic rings. The molecule has 0 fully saturated rings. The second kappa shape index (κ2) is 9.47. The van der Waals surface area contributed by atoms with Crippen LogP contribution in [0.5, 0.6) is 5.75 Å². The average molecular weight is 421 g/mol. The molecule has 1 N–H and O–H groups in total. The molecule has 3 aromatic rings. The van der Waals surface area contributed by atoms with Gasteiger partial charge in [0.2, 0.25) is 0 Å². The van der Waals surface area contributed by atoms with Crippen LogP contribution in [0.4, 0.5) is 8.78 Å². The molecular formula is C20H19ClF2N4O2. The minimum atomic E-state index is -2.89. The minimum Gasteiger partial charge on any atom is -0.435 e. The number of nitrogens with zero attached hydrogens (tertiary/aromatic N) is 3. The summed E-state index contributed by atoms with van der Waals surface area (Å²) in [4.78, 5) is 12.4. The molecule has 1 aromatic heterocycles. The van der Waals surface area contributed by atoms with Gasteiger partial charge in [0.25, 0.3) is 5.91 Å². The van der Waals surface area contributed by atoms with Crippen LogP contribution in [0.1, 0.15) is 28.2 Å². The Morgan fingerprint density at radius 1 is 1.17 bits per heavy atom. The number of amides is 1. The molecule has 0 saturated carbocycles. The Kier molecular flexibility index (Phi) is 6.77. The van der Waals surface area contributed by atoms with Crippen LogP contribution in [0, 0.1) is 6.92 Å². The summed E-state index contributed by atoms with van der Waals surface area (Å²) in [7, 11) is 0. The number of nitrogens with one attached hydrogen (secondary N) is 1. The van der Waals surface area contributed by atoms with Gasteiger partial charge in [-0.2, -0.15) is 8.78 Å². The van der Waals surface area contributed by atoms with Crippen molar-refractivity contribution in [3.05, 3.63) is 70.5 Å². The lowest BCUT2D eigenvalue weighted by Gasteiger charge is -2.07. The van der Waals surface area contributed by atoms with Crippen molar-refractivity contribution < 1.29 is 18.3 Å². The number of benzene rings is 2. The maximum absolute atomic E-state index is 12.4. The van der Waals surface area contributed by atoms with Crippen molar-refractivity contribution in [3.63, 3.8) is 0 Å². The van der Waals surface area contributed by atoms with Gasteiger partial charge in [-0.3, -0.25) is 4.79 Å². The standard InChI is InChI=1S/C20H19ClF2N4O2/c1-13-18(19(28)24-12-2-3-14-4-6-15(21)7-5-14)25-26-27(13)16-8-10-17(11-9-16)29-20(22)23/h4-11,20H,2-3,12H2,1H3,(H,24,28). The molecule has 0 bridgehead atoms. The topological polar surface area (TPSA) is 69.0 Å². The highest BCUT2D eigenvalue weighted by Crippen LogP contribution is 2.18. The lowest BCUT2D eigenvalue weighted by molar-refractivity contribution is -0.0498. The Morgan fingerprint density at radius 2 is 1.86 bits per heavy atom. The fourth-order valence-corrected chi connectivity index (χ4v) is 2.91. The molecule has 0 unspecified atom stereocenters. The fourth-order valence-electron chi connectivity index (χ4n) is 2.78. The van der Waals surface area contributed by atoms with Gasteiger partial charge in [-0.1, -0.05) is 28.9 Å². The third-order valence-corrected chi connectivity index (χ3v) is 4.51. The summed E-state index contributed by atoms with van der Waals surface area (Å²) in [5, 5.41) is 11.5. The number of aromatic nitrogens is 3. The van der Waals surface area contributed by atoms with Crippen molar-refractivity contribution in [1.29, 1.82) is 0 Å². The Morgan fingerprint density at radius 3 is 2.52 bits per heavy atom. The summed E-state index contributed by atoms with van der Waals surface area (Å²) in [5.74, 6) is -0.275. The maximum atomic E-state index is 12.4. The number of carbonyl (C=O) groups excluding carboxylic acids is 1. The van der Waals surface area contributed by atoms with E-state index in [0.29, 0.717) is 22.9 Å². The van der Waals surface area contributed by atoms with E-state index in [4.69, 9.17) is 11.6 Å². The van der Waals surface area contributed by atoms with Crippen LogP contribution < -0.4 is 10.1 Å². The summed E-state index contributed by atoms with van der Waals surface area (Å²) in [6.07, 6.45) is 1.59. The van der Waals surface area contributed by atoms with Gasteiger partial charge in [0.1, 0.15) is 5.75 Å². The highest BCUT2D eigenvalue weighted by atomic mass is 35.5. The Hall–Kier alpha value is -3.00. The molecule has 1 amide bonds. The molecule has 0 saturated heterocycles. The summed E-state index contributed by atoms with van der Waals surface area (Å²) in [6, 6.07) is 13.5. The third kappa shape index (κ3) is 5.51. The summed E-state index contributed by atoms with van der Waals surface area (Å²) in [6.45, 7) is -0.677. The molecule has 0 spiro atoms. The van der Waals surface area contributed by atoms with E-state index < -0.39 is 6.61 Å². The largest absolute Gasteiger partial charge is 0.435 e. The molecule has 2 aromatic carbocycles. The fraction of sp³-hybridized carbons (Fsp3) is 0.250. The number of rotatable bonds is 8. The van der Waals surface area contributed by atoms with Crippen molar-refractivity contribution in [1.82, 2.24) is 20.3 Å². The van der Waals surface area contributed by atoms with Crippen LogP contribution >= 0.6 is 11.6 Å². The molecule has 0 radical (unpaired) electrons. The average Bonchev–Trinajstić information content (AvgIpc) is 3.08. The van der Waals surface area contributed by atoms with Gasteiger partial charge in [-0.25, -0.2) is 4.68 Å². The van der Waals surface area contributed by atoms with Crippen LogP contribution in [0.25, 0.3) is 5.69 Å². The number of hydrogen-bond acceptors (Lipinski definition) is 4. The second-order valence-corrected chi connectivity index (χ2v) is 6.73. The SMILES string of the molecule is Cc1c(C(=O)NCCCc2ccc(Cl)cc2)nnn1-c1ccc(OC(F)F)cc1. The van der Waals surface area contributed by atoms with Crippen molar-refractivity contribution in [3.8, 4) is 11.4 Å². The van der Waals surface area contributed by atoms with E-state index in [1.807, 2.05) is 24.3 Å². The molecule has 1 heterocycles. The van der Waals surface area contributed by atoms with Crippen molar-refractivity contribution in [2.75, 3.05) is 6.54 Å². The number of carbonyl (C=O) groups is 1. The molecular weight excluding hydrogens is 402 g/mol. The van der Waals surface area contributed by atoms with E-state index >= 15 is 0 Å². The number of hydrogen-bond donors (Lipinski definition) is 1. The van der Waals surface area contributed by atoms with Crippen molar-refractivity contribution in [2.24, 2.45) is 0 Å². The van der Waals surface area contributed by atoms with E-state index in [2.05, 4.69) is 20.4 Å². The monoisotopic (exact) mass is 420 g/mol. The minimum absolute atomic E-state index is 0.0418. The maximum Gasteiger partial charge on any atom is 0.387 e. The quantitative estimate of drug-likeness (QED) is 0.555. The molecule has 29 heavy (non-hydrogen) atoms. The first-order chi connectivity index (χ1) is 13.9. The first kappa shape index (κ1) is 20.7. The highest BCUT2D eigenvalue weighted by molar-refractivity contribution is 6.30. The molecule has 6 nitrogen and oxygen atoms in total. The van der Waals surface area contributed by atoms with Crippen LogP contribution in [0.15, 0.2) is 48.5 Å². The Labute approximate surface area is 171 Å². The Balaban J connectivity index is 1.56. The molecule has 0 aliphatic carbocycles. The van der Waals surface area contributed by atoms with Gasteiger partial charge in [-0.15, -0.1) is 5.10 Å². The van der Waals surface area contributed by atoms with Gasteiger partial charge in [0.05, 0.1) is 11.4 Å².